The molecule has 0 saturated heterocycles. The van der Waals surface area contributed by atoms with Crippen molar-refractivity contribution in [2.45, 2.75) is 6.54 Å². The smallest absolute Gasteiger partial charge is 0.280 e. The number of benzene rings is 2. The maximum atomic E-state index is 12.7. The molecule has 0 atom stereocenters. The lowest BCUT2D eigenvalue weighted by Gasteiger charge is -2.11. The van der Waals surface area contributed by atoms with Gasteiger partial charge in [0, 0.05) is 16.1 Å². The summed E-state index contributed by atoms with van der Waals surface area (Å²) < 4.78 is 18.1. The lowest BCUT2D eigenvalue weighted by atomic mass is 10.2. The van der Waals surface area contributed by atoms with Crippen LogP contribution < -0.4 is 25.3 Å². The van der Waals surface area contributed by atoms with Crippen molar-refractivity contribution in [1.29, 1.82) is 0 Å². The number of carbonyl (C=O) groups excluding carboxylic acids is 1. The number of nitrogens with one attached hydrogen (secondary N) is 1. The lowest BCUT2D eigenvalue weighted by molar-refractivity contribution is 0.102. The summed E-state index contributed by atoms with van der Waals surface area (Å²) in [6, 6.07) is 10.6. The summed E-state index contributed by atoms with van der Waals surface area (Å²) >= 11 is 3.43. The summed E-state index contributed by atoms with van der Waals surface area (Å²) in [6.07, 6.45) is 0. The zero-order valence-electron chi connectivity index (χ0n) is 16.1. The zero-order valence-corrected chi connectivity index (χ0v) is 17.7. The Morgan fingerprint density at radius 3 is 2.52 bits per heavy atom. The minimum atomic E-state index is -0.512. The van der Waals surface area contributed by atoms with Crippen molar-refractivity contribution >= 4 is 33.3 Å². The number of aromatic nitrogens is 3. The molecule has 3 aromatic rings. The van der Waals surface area contributed by atoms with Gasteiger partial charge in [-0.25, -0.2) is 4.68 Å². The number of hydrogen-bond acceptors (Lipinski definition) is 7. The number of nitrogen functional groups attached to an aromatic ring is 1. The number of rotatable bonds is 7. The second-order valence-corrected chi connectivity index (χ2v) is 6.87. The summed E-state index contributed by atoms with van der Waals surface area (Å²) in [5.74, 6) is 1.34. The van der Waals surface area contributed by atoms with Crippen LogP contribution in [0, 0.1) is 0 Å². The Morgan fingerprint density at radius 1 is 1.10 bits per heavy atom. The molecule has 0 aliphatic rings. The minimum Gasteiger partial charge on any atom is -0.497 e. The number of anilines is 2. The highest BCUT2D eigenvalue weighted by molar-refractivity contribution is 9.10. The zero-order chi connectivity index (χ0) is 21.0. The van der Waals surface area contributed by atoms with Crippen LogP contribution in [0.3, 0.4) is 0 Å². The normalized spacial score (nSPS) is 10.5. The van der Waals surface area contributed by atoms with E-state index in [4.69, 9.17) is 19.9 Å². The molecule has 10 heteroatoms. The predicted octanol–water partition coefficient (Wildman–Crippen LogP) is 2.95. The van der Waals surface area contributed by atoms with E-state index in [0.717, 1.165) is 10.0 Å². The van der Waals surface area contributed by atoms with Gasteiger partial charge in [-0.3, -0.25) is 4.79 Å². The molecule has 3 rings (SSSR count). The third kappa shape index (κ3) is 4.43. The predicted molar refractivity (Wildman–Crippen MR) is 112 cm³/mol. The molecule has 0 saturated carbocycles. The minimum absolute atomic E-state index is 0.00355. The van der Waals surface area contributed by atoms with Crippen LogP contribution in [0.4, 0.5) is 11.5 Å². The lowest BCUT2D eigenvalue weighted by Crippen LogP contribution is -2.16. The van der Waals surface area contributed by atoms with Crippen LogP contribution in [0.15, 0.2) is 40.9 Å². The van der Waals surface area contributed by atoms with Crippen LogP contribution in [0.1, 0.15) is 16.1 Å². The first-order chi connectivity index (χ1) is 14.0. The van der Waals surface area contributed by atoms with E-state index in [9.17, 15) is 4.79 Å². The fraction of sp³-hybridized carbons (Fsp3) is 0.211. The van der Waals surface area contributed by atoms with Crippen LogP contribution >= 0.6 is 15.9 Å². The molecule has 0 aliphatic heterocycles. The van der Waals surface area contributed by atoms with Gasteiger partial charge in [0.1, 0.15) is 17.2 Å². The van der Waals surface area contributed by atoms with E-state index >= 15 is 0 Å². The number of nitrogens with two attached hydrogens (primary N) is 1. The first-order valence-electron chi connectivity index (χ1n) is 8.51. The van der Waals surface area contributed by atoms with Gasteiger partial charge >= 0.3 is 0 Å². The van der Waals surface area contributed by atoms with E-state index in [1.807, 2.05) is 18.2 Å². The summed E-state index contributed by atoms with van der Waals surface area (Å²) in [7, 11) is 4.62. The van der Waals surface area contributed by atoms with Gasteiger partial charge in [0.2, 0.25) is 0 Å². The van der Waals surface area contributed by atoms with Gasteiger partial charge in [0.25, 0.3) is 5.91 Å². The summed E-state index contributed by atoms with van der Waals surface area (Å²) in [5.41, 5.74) is 7.40. The number of amides is 1. The Balaban J connectivity index is 1.84. The SMILES string of the molecule is COc1ccc(OC)c(NC(=O)c2nnn(Cc3cc(Br)ccc3OC)c2N)c1. The molecule has 0 spiro atoms. The molecule has 2 aromatic carbocycles. The molecule has 29 heavy (non-hydrogen) atoms. The van der Waals surface area contributed by atoms with Crippen molar-refractivity contribution in [1.82, 2.24) is 15.0 Å². The van der Waals surface area contributed by atoms with Crippen LogP contribution in [0.5, 0.6) is 17.2 Å². The highest BCUT2D eigenvalue weighted by Gasteiger charge is 2.20. The third-order valence-electron chi connectivity index (χ3n) is 4.21. The van der Waals surface area contributed by atoms with Crippen molar-refractivity contribution in [3.8, 4) is 17.2 Å². The molecule has 0 fully saturated rings. The van der Waals surface area contributed by atoms with Crippen LogP contribution in [0.2, 0.25) is 0 Å². The Labute approximate surface area is 175 Å². The molecule has 0 unspecified atom stereocenters. The molecule has 152 valence electrons. The summed E-state index contributed by atoms with van der Waals surface area (Å²) in [6.45, 7) is 0.289. The van der Waals surface area contributed by atoms with Crippen LogP contribution in [-0.4, -0.2) is 42.2 Å². The Kier molecular flexibility index (Phi) is 6.23. The van der Waals surface area contributed by atoms with Gasteiger partial charge in [-0.15, -0.1) is 5.10 Å². The molecule has 3 N–H and O–H groups in total. The van der Waals surface area contributed by atoms with Crippen LogP contribution in [0.25, 0.3) is 0 Å². The largest absolute Gasteiger partial charge is 0.497 e. The first-order valence-corrected chi connectivity index (χ1v) is 9.30. The van der Waals surface area contributed by atoms with E-state index in [1.165, 1.54) is 18.9 Å². The molecular weight excluding hydrogens is 442 g/mol. The molecule has 9 nitrogen and oxygen atoms in total. The topological polar surface area (TPSA) is 114 Å². The maximum absolute atomic E-state index is 12.7. The van der Waals surface area contributed by atoms with Gasteiger partial charge in [-0.1, -0.05) is 21.1 Å². The molecule has 1 heterocycles. The Hall–Kier alpha value is -3.27. The second kappa shape index (κ2) is 8.82. The standard InChI is InChI=1S/C19H20BrN5O4/c1-27-13-5-7-16(29-3)14(9-13)22-19(26)17-18(21)25(24-23-17)10-11-8-12(20)4-6-15(11)28-2/h4-9H,10,21H2,1-3H3,(H,22,26). The van der Waals surface area contributed by atoms with Gasteiger partial charge in [-0.05, 0) is 30.3 Å². The van der Waals surface area contributed by atoms with Gasteiger partial charge < -0.3 is 25.3 Å². The fourth-order valence-corrected chi connectivity index (χ4v) is 3.13. The Morgan fingerprint density at radius 2 is 1.83 bits per heavy atom. The van der Waals surface area contributed by atoms with E-state index in [2.05, 4.69) is 31.6 Å². The Bertz CT molecular complexity index is 1040. The molecule has 0 aliphatic carbocycles. The van der Waals surface area contributed by atoms with Crippen molar-refractivity contribution < 1.29 is 19.0 Å². The molecular formula is C19H20BrN5O4. The number of methoxy groups -OCH3 is 3. The van der Waals surface area contributed by atoms with Gasteiger partial charge in [0.15, 0.2) is 11.5 Å². The number of nitrogens with zero attached hydrogens (tertiary/aromatic N) is 3. The maximum Gasteiger partial charge on any atom is 0.280 e. The average Bonchev–Trinajstić information content (AvgIpc) is 3.08. The van der Waals surface area contributed by atoms with Gasteiger partial charge in [0.05, 0.1) is 33.6 Å². The first kappa shape index (κ1) is 20.5. The fourth-order valence-electron chi connectivity index (χ4n) is 2.72. The second-order valence-electron chi connectivity index (χ2n) is 5.96. The summed E-state index contributed by atoms with van der Waals surface area (Å²) in [5, 5.41) is 10.7. The molecule has 1 aromatic heterocycles. The van der Waals surface area contributed by atoms with E-state index in [0.29, 0.717) is 22.9 Å². The van der Waals surface area contributed by atoms with Crippen molar-refractivity contribution in [2.75, 3.05) is 32.4 Å². The number of hydrogen-bond donors (Lipinski definition) is 2. The highest BCUT2D eigenvalue weighted by atomic mass is 79.9. The van der Waals surface area contributed by atoms with E-state index in [-0.39, 0.29) is 18.1 Å². The van der Waals surface area contributed by atoms with Crippen molar-refractivity contribution in [2.24, 2.45) is 0 Å². The number of halogens is 1. The monoisotopic (exact) mass is 461 g/mol. The third-order valence-corrected chi connectivity index (χ3v) is 4.70. The van der Waals surface area contributed by atoms with E-state index < -0.39 is 5.91 Å². The van der Waals surface area contributed by atoms with E-state index in [1.54, 1.807) is 25.3 Å². The average molecular weight is 462 g/mol. The van der Waals surface area contributed by atoms with Crippen LogP contribution in [-0.2, 0) is 6.54 Å². The summed E-state index contributed by atoms with van der Waals surface area (Å²) in [4.78, 5) is 12.7. The van der Waals surface area contributed by atoms with Gasteiger partial charge in [-0.2, -0.15) is 0 Å². The number of ether oxygens (including phenoxy) is 3. The highest BCUT2D eigenvalue weighted by Crippen LogP contribution is 2.30. The quantitative estimate of drug-likeness (QED) is 0.555. The van der Waals surface area contributed by atoms with Crippen molar-refractivity contribution in [3.63, 3.8) is 0 Å². The molecule has 0 radical (unpaired) electrons. The molecule has 0 bridgehead atoms. The number of carbonyl (C=O) groups is 1. The van der Waals surface area contributed by atoms with Crippen molar-refractivity contribution in [3.05, 3.63) is 52.1 Å². The molecule has 1 amide bonds.